The van der Waals surface area contributed by atoms with E-state index in [9.17, 15) is 4.79 Å². The van der Waals surface area contributed by atoms with Gasteiger partial charge in [-0.05, 0) is 0 Å². The molecule has 0 unspecified atom stereocenters. The molecule has 0 aromatic heterocycles. The molecular formula is C5H7N2O. The molecule has 1 radical (unpaired) electrons. The van der Waals surface area contributed by atoms with Crippen molar-refractivity contribution in [3.05, 3.63) is 12.3 Å². The molecule has 0 aliphatic carbocycles. The molecule has 43 valence electrons. The van der Waals surface area contributed by atoms with Crippen LogP contribution in [0.4, 0.5) is 0 Å². The Labute approximate surface area is 48.0 Å². The van der Waals surface area contributed by atoms with Gasteiger partial charge in [-0.3, -0.25) is 15.0 Å². The van der Waals surface area contributed by atoms with Gasteiger partial charge in [-0.2, -0.15) is 0 Å². The van der Waals surface area contributed by atoms with Crippen LogP contribution in [-0.2, 0) is 4.79 Å². The highest BCUT2D eigenvalue weighted by Crippen LogP contribution is 1.86. The molecule has 0 saturated heterocycles. The van der Waals surface area contributed by atoms with Crippen molar-refractivity contribution >= 4 is 6.41 Å². The summed E-state index contributed by atoms with van der Waals surface area (Å²) >= 11 is 0. The van der Waals surface area contributed by atoms with Crippen molar-refractivity contribution in [3.63, 3.8) is 0 Å². The lowest BCUT2D eigenvalue weighted by molar-refractivity contribution is 0.424. The molecular weight excluding hydrogens is 104 g/mol. The fraction of sp³-hybridized carbons (Fsp3) is 0.400. The minimum absolute atomic E-state index is 0.583. The largest absolute Gasteiger partial charge is 0.317 e. The van der Waals surface area contributed by atoms with Gasteiger partial charge in [0.2, 0.25) is 0 Å². The van der Waals surface area contributed by atoms with Crippen molar-refractivity contribution in [2.75, 3.05) is 13.2 Å². The van der Waals surface area contributed by atoms with Crippen molar-refractivity contribution in [1.29, 1.82) is 0 Å². The highest BCUT2D eigenvalue weighted by Gasteiger charge is 1.98. The molecule has 1 N–H and O–H groups in total. The van der Waals surface area contributed by atoms with E-state index in [0.717, 1.165) is 6.54 Å². The number of hydrogen-bond acceptors (Lipinski definition) is 2. The minimum atomic E-state index is 0.583. The molecule has 3 heteroatoms. The van der Waals surface area contributed by atoms with E-state index in [1.807, 2.05) is 6.08 Å². The second kappa shape index (κ2) is 2.47. The van der Waals surface area contributed by atoms with E-state index in [-0.39, 0.29) is 0 Å². The molecule has 1 amide bonds. The summed E-state index contributed by atoms with van der Waals surface area (Å²) in [5.74, 6) is 0. The van der Waals surface area contributed by atoms with E-state index in [1.54, 1.807) is 12.6 Å². The van der Waals surface area contributed by atoms with Gasteiger partial charge in [0.1, 0.15) is 0 Å². The Morgan fingerprint density at radius 2 is 2.62 bits per heavy atom. The van der Waals surface area contributed by atoms with Gasteiger partial charge in [0.15, 0.2) is 0 Å². The average molecular weight is 111 g/mol. The van der Waals surface area contributed by atoms with Crippen LogP contribution in [0.1, 0.15) is 0 Å². The normalized spacial score (nSPS) is 18.8. The van der Waals surface area contributed by atoms with Gasteiger partial charge < -0.3 is 0 Å². The molecule has 0 aromatic rings. The van der Waals surface area contributed by atoms with E-state index in [1.165, 1.54) is 4.90 Å². The van der Waals surface area contributed by atoms with Crippen LogP contribution in [0, 0.1) is 0 Å². The van der Waals surface area contributed by atoms with Crippen molar-refractivity contribution in [2.24, 2.45) is 0 Å². The van der Waals surface area contributed by atoms with Crippen LogP contribution in [-0.4, -0.2) is 24.5 Å². The SMILES string of the molecule is O=[C]N1C=CCNC1. The Kier molecular flexibility index (Phi) is 1.64. The summed E-state index contributed by atoms with van der Waals surface area (Å²) in [7, 11) is 0. The maximum absolute atomic E-state index is 9.87. The van der Waals surface area contributed by atoms with E-state index < -0.39 is 0 Å². The lowest BCUT2D eigenvalue weighted by atomic mass is 10.5. The first kappa shape index (κ1) is 5.31. The molecule has 1 aliphatic rings. The Hall–Kier alpha value is -0.830. The Morgan fingerprint density at radius 3 is 3.00 bits per heavy atom. The van der Waals surface area contributed by atoms with Gasteiger partial charge in [0.25, 0.3) is 0 Å². The van der Waals surface area contributed by atoms with Crippen LogP contribution in [0.2, 0.25) is 0 Å². The number of amides is 1. The standard InChI is InChI=1S/C5H7N2O/c8-5-7-3-1-2-6-4-7/h1,3,6H,2,4H2. The van der Waals surface area contributed by atoms with Gasteiger partial charge in [0, 0.05) is 12.7 Å². The van der Waals surface area contributed by atoms with Crippen molar-refractivity contribution in [2.45, 2.75) is 0 Å². The first-order chi connectivity index (χ1) is 3.93. The second-order valence-electron chi connectivity index (χ2n) is 1.56. The highest BCUT2D eigenvalue weighted by molar-refractivity contribution is 5.50. The van der Waals surface area contributed by atoms with E-state index in [4.69, 9.17) is 0 Å². The third-order valence-corrected chi connectivity index (χ3v) is 0.947. The fourth-order valence-corrected chi connectivity index (χ4v) is 0.564. The van der Waals surface area contributed by atoms with Crippen molar-refractivity contribution in [1.82, 2.24) is 10.2 Å². The van der Waals surface area contributed by atoms with Gasteiger partial charge >= 0.3 is 6.41 Å². The third kappa shape index (κ3) is 1.07. The summed E-state index contributed by atoms with van der Waals surface area (Å²) < 4.78 is 0. The summed E-state index contributed by atoms with van der Waals surface area (Å²) in [5.41, 5.74) is 0. The number of rotatable bonds is 1. The van der Waals surface area contributed by atoms with E-state index in [2.05, 4.69) is 5.32 Å². The first-order valence-electron chi connectivity index (χ1n) is 2.45. The number of nitrogens with zero attached hydrogens (tertiary/aromatic N) is 1. The molecule has 0 saturated carbocycles. The molecule has 8 heavy (non-hydrogen) atoms. The zero-order valence-electron chi connectivity index (χ0n) is 4.42. The summed E-state index contributed by atoms with van der Waals surface area (Å²) in [6.07, 6.45) is 5.32. The number of hydrogen-bond donors (Lipinski definition) is 1. The van der Waals surface area contributed by atoms with Crippen LogP contribution in [0.25, 0.3) is 0 Å². The van der Waals surface area contributed by atoms with Crippen LogP contribution in [0.15, 0.2) is 12.3 Å². The van der Waals surface area contributed by atoms with Crippen LogP contribution in [0.5, 0.6) is 0 Å². The maximum Gasteiger partial charge on any atom is 0.317 e. The third-order valence-electron chi connectivity index (χ3n) is 0.947. The summed E-state index contributed by atoms with van der Waals surface area (Å²) in [6.45, 7) is 1.43. The summed E-state index contributed by atoms with van der Waals surface area (Å²) in [6, 6.07) is 0. The Balaban J connectivity index is 2.42. The summed E-state index contributed by atoms with van der Waals surface area (Å²) in [4.78, 5) is 11.3. The van der Waals surface area contributed by atoms with Crippen LogP contribution < -0.4 is 5.32 Å². The predicted molar refractivity (Wildman–Crippen MR) is 29.5 cm³/mol. The molecule has 3 nitrogen and oxygen atoms in total. The van der Waals surface area contributed by atoms with Crippen molar-refractivity contribution < 1.29 is 4.79 Å². The minimum Gasteiger partial charge on any atom is -0.298 e. The second-order valence-corrected chi connectivity index (χ2v) is 1.56. The Morgan fingerprint density at radius 1 is 1.75 bits per heavy atom. The molecule has 1 heterocycles. The van der Waals surface area contributed by atoms with Gasteiger partial charge in [-0.25, -0.2) is 0 Å². The quantitative estimate of drug-likeness (QED) is 0.491. The molecule has 0 fully saturated rings. The zero-order chi connectivity index (χ0) is 5.82. The lowest BCUT2D eigenvalue weighted by Crippen LogP contribution is -2.33. The first-order valence-corrected chi connectivity index (χ1v) is 2.45. The zero-order valence-corrected chi connectivity index (χ0v) is 4.42. The topological polar surface area (TPSA) is 32.3 Å². The highest BCUT2D eigenvalue weighted by atomic mass is 16.1. The Bertz CT molecular complexity index is 111. The average Bonchev–Trinajstić information content (AvgIpc) is 1.90. The fourth-order valence-electron chi connectivity index (χ4n) is 0.564. The van der Waals surface area contributed by atoms with E-state index in [0.29, 0.717) is 6.67 Å². The number of carbonyl (C=O) groups excluding carboxylic acids is 1. The van der Waals surface area contributed by atoms with Crippen LogP contribution >= 0.6 is 0 Å². The summed E-state index contributed by atoms with van der Waals surface area (Å²) in [5, 5.41) is 2.96. The van der Waals surface area contributed by atoms with Gasteiger partial charge in [0.05, 0.1) is 6.67 Å². The lowest BCUT2D eigenvalue weighted by Gasteiger charge is -2.14. The smallest absolute Gasteiger partial charge is 0.298 e. The van der Waals surface area contributed by atoms with Gasteiger partial charge in [-0.15, -0.1) is 0 Å². The number of nitrogens with one attached hydrogen (secondary N) is 1. The van der Waals surface area contributed by atoms with Crippen LogP contribution in [0.3, 0.4) is 0 Å². The molecule has 0 spiro atoms. The molecule has 1 rings (SSSR count). The predicted octanol–water partition coefficient (Wildman–Crippen LogP) is -0.570. The molecule has 0 bridgehead atoms. The maximum atomic E-state index is 9.87. The van der Waals surface area contributed by atoms with Gasteiger partial charge in [-0.1, -0.05) is 6.08 Å². The van der Waals surface area contributed by atoms with Crippen molar-refractivity contribution in [3.8, 4) is 0 Å². The monoisotopic (exact) mass is 111 g/mol. The molecule has 0 aromatic carbocycles. The molecule has 0 atom stereocenters. The molecule has 1 aliphatic heterocycles. The van der Waals surface area contributed by atoms with E-state index >= 15 is 0 Å².